The molecule has 0 spiro atoms. The Morgan fingerprint density at radius 3 is 1.17 bits per heavy atom. The van der Waals surface area contributed by atoms with Crippen molar-refractivity contribution in [2.45, 2.75) is 0 Å². The third-order valence-corrected chi connectivity index (χ3v) is 0.766. The van der Waals surface area contributed by atoms with Crippen LogP contribution in [0.2, 0.25) is 0 Å². The zero-order valence-corrected chi connectivity index (χ0v) is 6.74. The van der Waals surface area contributed by atoms with Crippen LogP contribution in [-0.2, 0) is 29.5 Å². The molecule has 72 valence electrons. The van der Waals surface area contributed by atoms with Crippen LogP contribution in [0.5, 0.6) is 0 Å². The minimum absolute atomic E-state index is 2.78. The van der Waals surface area contributed by atoms with E-state index < -0.39 is 20.8 Å². The highest BCUT2D eigenvalue weighted by Gasteiger charge is 2.13. The molecule has 0 aromatic rings. The Morgan fingerprint density at radius 2 is 1.08 bits per heavy atom. The van der Waals surface area contributed by atoms with Crippen LogP contribution < -0.4 is 0 Å². The Balaban J connectivity index is 0. The van der Waals surface area contributed by atoms with E-state index >= 15 is 0 Å². The Hall–Kier alpha value is -0.770. The Bertz CT molecular complexity index is 287. The van der Waals surface area contributed by atoms with Gasteiger partial charge in [0.15, 0.2) is 0 Å². The van der Waals surface area contributed by atoms with E-state index in [1.165, 1.54) is 0 Å². The van der Waals surface area contributed by atoms with Gasteiger partial charge in [-0.3, -0.25) is 9.11 Å². The molecule has 0 saturated carbocycles. The first kappa shape index (κ1) is 13.8. The lowest BCUT2D eigenvalue weighted by molar-refractivity contribution is -0.105. The molecule has 0 amide bonds. The smallest absolute Gasteiger partial charge is 0.425 e. The van der Waals surface area contributed by atoms with Crippen molar-refractivity contribution in [1.82, 2.24) is 0 Å². The van der Waals surface area contributed by atoms with Gasteiger partial charge in [0.25, 0.3) is 0 Å². The fourth-order valence-electron chi connectivity index (χ4n) is 0.0702. The van der Waals surface area contributed by atoms with Gasteiger partial charge in [-0.05, 0) is 0 Å². The molecule has 9 nitrogen and oxygen atoms in total. The number of hydrogen-bond donors (Lipinski definition) is 2. The van der Waals surface area contributed by atoms with Gasteiger partial charge in [0.2, 0.25) is 0 Å². The summed E-state index contributed by atoms with van der Waals surface area (Å²) in [5.74, 6) is 0. The highest BCUT2D eigenvalue weighted by Crippen LogP contribution is 1.92. The van der Waals surface area contributed by atoms with Crippen LogP contribution in [0.15, 0.2) is 0 Å². The average molecular weight is 220 g/mol. The molecular formula is CH2NO8S2-. The highest BCUT2D eigenvalue weighted by atomic mass is 32.3. The summed E-state index contributed by atoms with van der Waals surface area (Å²) in [7, 11) is -10.0. The third-order valence-electron chi connectivity index (χ3n) is 0.200. The minimum Gasteiger partial charge on any atom is -0.512 e. The normalized spacial score (nSPS) is 11.3. The quantitative estimate of drug-likeness (QED) is 0.254. The van der Waals surface area contributed by atoms with Crippen molar-refractivity contribution < 1.29 is 34.6 Å². The van der Waals surface area contributed by atoms with Crippen molar-refractivity contribution in [3.05, 3.63) is 6.57 Å². The summed E-state index contributed by atoms with van der Waals surface area (Å²) in [6.07, 6.45) is 0. The lowest BCUT2D eigenvalue weighted by Gasteiger charge is -1.92. The lowest BCUT2D eigenvalue weighted by Crippen LogP contribution is -2.10. The summed E-state index contributed by atoms with van der Waals surface area (Å²) >= 11 is 0. The third kappa shape index (κ3) is 16.1. The molecule has 0 fully saturated rings. The first-order chi connectivity index (χ1) is 5.21. The maximum Gasteiger partial charge on any atom is 0.425 e. The van der Waals surface area contributed by atoms with E-state index in [0.717, 1.165) is 0 Å². The second-order valence-electron chi connectivity index (χ2n) is 0.992. The standard InChI is InChI=1S/CN.H2O8S2/c1-2;1-9(2,3)7-8-10(4,5)6/h;(H,1,2,3)(H,4,5,6)/q-1;. The van der Waals surface area contributed by atoms with Crippen LogP contribution in [0.1, 0.15) is 0 Å². The largest absolute Gasteiger partial charge is 0.512 e. The molecule has 0 rings (SSSR count). The van der Waals surface area contributed by atoms with Crippen LogP contribution >= 0.6 is 0 Å². The molecule has 0 heterocycles. The summed E-state index contributed by atoms with van der Waals surface area (Å²) in [6, 6.07) is 0. The lowest BCUT2D eigenvalue weighted by atomic mass is 11.9. The fourth-order valence-corrected chi connectivity index (χ4v) is 0.632. The number of hydrogen-bond acceptors (Lipinski definition) is 7. The first-order valence-electron chi connectivity index (χ1n) is 1.76. The SMILES string of the molecule is O=S(=O)(O)OOS(=O)(=O)O.[C-]#N. The molecule has 11 heteroatoms. The minimum atomic E-state index is -5.02. The van der Waals surface area contributed by atoms with Gasteiger partial charge in [0.1, 0.15) is 0 Å². The molecule has 2 N–H and O–H groups in total. The Morgan fingerprint density at radius 1 is 0.917 bits per heavy atom. The van der Waals surface area contributed by atoms with Crippen LogP contribution in [0.4, 0.5) is 0 Å². The molecule has 0 saturated heterocycles. The second-order valence-corrected chi connectivity index (χ2v) is 2.97. The Labute approximate surface area is 68.0 Å². The van der Waals surface area contributed by atoms with Crippen LogP contribution in [0.25, 0.3) is 0 Å². The fraction of sp³-hybridized carbons (Fsp3) is 0. The zero-order chi connectivity index (χ0) is 10.4. The predicted molar refractivity (Wildman–Crippen MR) is 30.2 cm³/mol. The number of nitrogens with zero attached hydrogens (tertiary/aromatic N) is 1. The van der Waals surface area contributed by atoms with Crippen molar-refractivity contribution in [1.29, 1.82) is 5.26 Å². The second kappa shape index (κ2) is 4.98. The van der Waals surface area contributed by atoms with Gasteiger partial charge in [-0.2, -0.15) is 16.8 Å². The molecule has 0 atom stereocenters. The molecule has 12 heavy (non-hydrogen) atoms. The summed E-state index contributed by atoms with van der Waals surface area (Å²) in [6.45, 7) is 4.75. The molecular weight excluding hydrogens is 218 g/mol. The highest BCUT2D eigenvalue weighted by molar-refractivity contribution is 7.83. The van der Waals surface area contributed by atoms with Crippen molar-refractivity contribution >= 4 is 20.8 Å². The van der Waals surface area contributed by atoms with Crippen molar-refractivity contribution in [3.63, 3.8) is 0 Å². The maximum atomic E-state index is 9.51. The molecule has 0 aromatic heterocycles. The summed E-state index contributed by atoms with van der Waals surface area (Å²) in [5.41, 5.74) is 0. The number of rotatable bonds is 3. The molecule has 0 aromatic carbocycles. The van der Waals surface area contributed by atoms with Gasteiger partial charge in [-0.25, -0.2) is 0 Å². The summed E-state index contributed by atoms with van der Waals surface area (Å²) < 4.78 is 58.9. The van der Waals surface area contributed by atoms with Gasteiger partial charge in [0, 0.05) is 0 Å². The van der Waals surface area contributed by atoms with Gasteiger partial charge in [0.05, 0.1) is 0 Å². The van der Waals surface area contributed by atoms with Gasteiger partial charge < -0.3 is 11.8 Å². The van der Waals surface area contributed by atoms with Gasteiger partial charge >= 0.3 is 20.8 Å². The maximum absolute atomic E-state index is 9.51. The summed E-state index contributed by atoms with van der Waals surface area (Å²) in [4.78, 5) is 0. The Kier molecular flexibility index (Phi) is 5.72. The van der Waals surface area contributed by atoms with Crippen molar-refractivity contribution in [2.24, 2.45) is 0 Å². The molecule has 0 aliphatic heterocycles. The van der Waals surface area contributed by atoms with E-state index in [2.05, 4.69) is 8.67 Å². The predicted octanol–water partition coefficient (Wildman–Crippen LogP) is -1.36. The van der Waals surface area contributed by atoms with E-state index in [1.807, 2.05) is 0 Å². The average Bonchev–Trinajstić information content (AvgIpc) is 1.86. The summed E-state index contributed by atoms with van der Waals surface area (Å²) in [5, 5.41) is 6.25. The van der Waals surface area contributed by atoms with Gasteiger partial charge in [-0.15, -0.1) is 0 Å². The van der Waals surface area contributed by atoms with Crippen LogP contribution in [0, 0.1) is 11.8 Å². The zero-order valence-electron chi connectivity index (χ0n) is 5.11. The van der Waals surface area contributed by atoms with E-state index in [1.54, 1.807) is 0 Å². The molecule has 0 radical (unpaired) electrons. The molecule has 0 aliphatic rings. The van der Waals surface area contributed by atoms with Crippen LogP contribution in [0.3, 0.4) is 0 Å². The van der Waals surface area contributed by atoms with Crippen LogP contribution in [-0.4, -0.2) is 25.9 Å². The van der Waals surface area contributed by atoms with Crippen molar-refractivity contribution in [2.75, 3.05) is 0 Å². The molecule has 0 bridgehead atoms. The van der Waals surface area contributed by atoms with E-state index in [-0.39, 0.29) is 0 Å². The first-order valence-corrected chi connectivity index (χ1v) is 4.49. The topological polar surface area (TPSA) is 151 Å². The van der Waals surface area contributed by atoms with E-state index in [9.17, 15) is 16.8 Å². The van der Waals surface area contributed by atoms with Crippen molar-refractivity contribution in [3.8, 4) is 0 Å². The van der Waals surface area contributed by atoms with E-state index in [0.29, 0.717) is 0 Å². The molecule has 0 aliphatic carbocycles. The van der Waals surface area contributed by atoms with Gasteiger partial charge in [-0.1, -0.05) is 8.67 Å². The monoisotopic (exact) mass is 220 g/mol. The van der Waals surface area contributed by atoms with E-state index in [4.69, 9.17) is 20.9 Å². The molecule has 0 unspecified atom stereocenters.